The van der Waals surface area contributed by atoms with Crippen LogP contribution in [0.1, 0.15) is 60.8 Å². The number of hydrogen-bond donors (Lipinski definition) is 1. The molecule has 3 aromatic rings. The summed E-state index contributed by atoms with van der Waals surface area (Å²) in [6, 6.07) is 7.07. The molecule has 194 valence electrons. The average molecular weight is 501 g/mol. The van der Waals surface area contributed by atoms with Crippen molar-refractivity contribution >= 4 is 34.1 Å². The highest BCUT2D eigenvalue weighted by atomic mass is 19.3. The summed E-state index contributed by atoms with van der Waals surface area (Å²) in [5.41, 5.74) is 3.78. The maximum atomic E-state index is 13.8. The molecule has 36 heavy (non-hydrogen) atoms. The molecule has 0 bridgehead atoms. The summed E-state index contributed by atoms with van der Waals surface area (Å²) in [5.74, 6) is 0.284. The van der Waals surface area contributed by atoms with Gasteiger partial charge in [0.05, 0.1) is 22.9 Å². The van der Waals surface area contributed by atoms with E-state index in [9.17, 15) is 13.6 Å². The maximum Gasteiger partial charge on any atom is 0.269 e. The number of ether oxygens (including phenoxy) is 1. The van der Waals surface area contributed by atoms with Crippen LogP contribution < -0.4 is 15.1 Å². The monoisotopic (exact) mass is 500 g/mol. The molecule has 0 saturated carbocycles. The van der Waals surface area contributed by atoms with Crippen LogP contribution in [-0.4, -0.2) is 61.1 Å². The Bertz CT molecular complexity index is 1240. The zero-order valence-corrected chi connectivity index (χ0v) is 21.5. The molecule has 2 aliphatic rings. The maximum absolute atomic E-state index is 13.8. The summed E-state index contributed by atoms with van der Waals surface area (Å²) in [4.78, 5) is 21.0. The van der Waals surface area contributed by atoms with Crippen LogP contribution in [0.2, 0.25) is 0 Å². The van der Waals surface area contributed by atoms with E-state index in [4.69, 9.17) is 9.84 Å². The summed E-state index contributed by atoms with van der Waals surface area (Å²) >= 11 is 0. The molecule has 0 aliphatic carbocycles. The standard InChI is InChI=1S/C24H28F2N6O2.C2H6/c1-14-12-19-20(13-16(14)22(25)26)31(9-8-30(19)3)23-21-18(5-4-17(28-21)24(33)27-2)32(29-23)15-6-10-34-11-7-15;1-2/h4-5,12-13,15,22H,6-11H2,1-3H3,(H,27,33);1-2H3. The number of aromatic nitrogens is 3. The summed E-state index contributed by atoms with van der Waals surface area (Å²) in [6.07, 6.45) is -0.933. The van der Waals surface area contributed by atoms with Crippen molar-refractivity contribution in [3.05, 3.63) is 41.1 Å². The first-order valence-electron chi connectivity index (χ1n) is 12.5. The molecule has 0 radical (unpaired) electrons. The Kier molecular flexibility index (Phi) is 7.73. The zero-order valence-electron chi connectivity index (χ0n) is 21.5. The molecule has 10 heteroatoms. The topological polar surface area (TPSA) is 75.5 Å². The minimum Gasteiger partial charge on any atom is -0.381 e. The molecule has 1 amide bonds. The van der Waals surface area contributed by atoms with Gasteiger partial charge in [0, 0.05) is 46.0 Å². The normalized spacial score (nSPS) is 16.1. The van der Waals surface area contributed by atoms with Gasteiger partial charge in [-0.1, -0.05) is 13.8 Å². The lowest BCUT2D eigenvalue weighted by Gasteiger charge is -2.36. The number of amides is 1. The largest absolute Gasteiger partial charge is 0.381 e. The smallest absolute Gasteiger partial charge is 0.269 e. The summed E-state index contributed by atoms with van der Waals surface area (Å²) < 4.78 is 35.1. The molecule has 1 aromatic carbocycles. The van der Waals surface area contributed by atoms with Crippen LogP contribution in [-0.2, 0) is 4.74 Å². The lowest BCUT2D eigenvalue weighted by atomic mass is 10.0. The minimum absolute atomic E-state index is 0.00577. The van der Waals surface area contributed by atoms with Crippen molar-refractivity contribution in [2.24, 2.45) is 0 Å². The van der Waals surface area contributed by atoms with Crippen molar-refractivity contribution in [3.8, 4) is 0 Å². The lowest BCUT2D eigenvalue weighted by molar-refractivity contribution is 0.0675. The van der Waals surface area contributed by atoms with Crippen molar-refractivity contribution in [1.29, 1.82) is 0 Å². The molecule has 2 aliphatic heterocycles. The lowest BCUT2D eigenvalue weighted by Crippen LogP contribution is -2.37. The van der Waals surface area contributed by atoms with Gasteiger partial charge in [0.2, 0.25) is 0 Å². The van der Waals surface area contributed by atoms with Gasteiger partial charge in [-0.2, -0.15) is 5.10 Å². The van der Waals surface area contributed by atoms with Crippen LogP contribution in [0.3, 0.4) is 0 Å². The van der Waals surface area contributed by atoms with E-state index in [1.54, 1.807) is 26.1 Å². The molecule has 8 nitrogen and oxygen atoms in total. The second-order valence-electron chi connectivity index (χ2n) is 8.83. The highest BCUT2D eigenvalue weighted by molar-refractivity contribution is 5.98. The molecule has 0 spiro atoms. The second kappa shape index (κ2) is 10.8. The number of anilines is 3. The van der Waals surface area contributed by atoms with Gasteiger partial charge in [-0.15, -0.1) is 0 Å². The van der Waals surface area contributed by atoms with E-state index in [0.29, 0.717) is 48.9 Å². The van der Waals surface area contributed by atoms with E-state index < -0.39 is 6.43 Å². The predicted octanol–water partition coefficient (Wildman–Crippen LogP) is 5.00. The first kappa shape index (κ1) is 25.8. The van der Waals surface area contributed by atoms with E-state index in [1.807, 2.05) is 42.6 Å². The molecule has 0 unspecified atom stereocenters. The van der Waals surface area contributed by atoms with Crippen LogP contribution in [0.5, 0.6) is 0 Å². The summed E-state index contributed by atoms with van der Waals surface area (Å²) in [5, 5.41) is 7.58. The highest BCUT2D eigenvalue weighted by Crippen LogP contribution is 2.43. The van der Waals surface area contributed by atoms with Gasteiger partial charge < -0.3 is 19.9 Å². The average Bonchev–Trinajstić information content (AvgIpc) is 3.28. The molecule has 0 atom stereocenters. The number of halogens is 2. The van der Waals surface area contributed by atoms with E-state index in [2.05, 4.69) is 15.2 Å². The van der Waals surface area contributed by atoms with Gasteiger partial charge in [0.15, 0.2) is 5.82 Å². The molecule has 1 N–H and O–H groups in total. The Labute approximate surface area is 210 Å². The Morgan fingerprint density at radius 1 is 1.14 bits per heavy atom. The highest BCUT2D eigenvalue weighted by Gasteiger charge is 2.30. The summed E-state index contributed by atoms with van der Waals surface area (Å²) in [7, 11) is 3.52. The first-order chi connectivity index (χ1) is 17.4. The third kappa shape index (κ3) is 4.61. The SMILES string of the molecule is CC.CNC(=O)c1ccc2c(n1)c(N1CCN(C)c3cc(C)c(C(F)F)cc31)nn2C1CCOCC1. The van der Waals surface area contributed by atoms with Gasteiger partial charge >= 0.3 is 0 Å². The van der Waals surface area contributed by atoms with Gasteiger partial charge in [-0.25, -0.2) is 13.8 Å². The fourth-order valence-corrected chi connectivity index (χ4v) is 4.81. The van der Waals surface area contributed by atoms with Crippen LogP contribution in [0, 0.1) is 6.92 Å². The number of hydrogen-bond acceptors (Lipinski definition) is 6. The molecule has 2 aromatic heterocycles. The fourth-order valence-electron chi connectivity index (χ4n) is 4.81. The van der Waals surface area contributed by atoms with Gasteiger partial charge in [0.1, 0.15) is 11.2 Å². The number of pyridine rings is 1. The second-order valence-corrected chi connectivity index (χ2v) is 8.83. The number of likely N-dealkylation sites (N-methyl/N-ethyl adjacent to an activating group) is 1. The van der Waals surface area contributed by atoms with Crippen molar-refractivity contribution < 1.29 is 18.3 Å². The molecular formula is C26H34F2N6O2. The number of fused-ring (bicyclic) bond motifs is 2. The summed E-state index contributed by atoms with van der Waals surface area (Å²) in [6.45, 7) is 8.27. The number of rotatable bonds is 4. The van der Waals surface area contributed by atoms with Gasteiger partial charge in [-0.05, 0) is 49.6 Å². The van der Waals surface area contributed by atoms with Crippen molar-refractivity contribution in [2.75, 3.05) is 50.2 Å². The van der Waals surface area contributed by atoms with E-state index in [0.717, 1.165) is 24.0 Å². The zero-order chi connectivity index (χ0) is 26.0. The van der Waals surface area contributed by atoms with Crippen LogP contribution in [0.15, 0.2) is 24.3 Å². The Morgan fingerprint density at radius 2 is 1.86 bits per heavy atom. The fraction of sp³-hybridized carbons (Fsp3) is 0.500. The predicted molar refractivity (Wildman–Crippen MR) is 138 cm³/mol. The quantitative estimate of drug-likeness (QED) is 0.543. The molecule has 4 heterocycles. The van der Waals surface area contributed by atoms with Crippen molar-refractivity contribution in [1.82, 2.24) is 20.1 Å². The molecular weight excluding hydrogens is 466 g/mol. The number of benzene rings is 1. The molecule has 5 rings (SSSR count). The number of aryl methyl sites for hydroxylation is 1. The van der Waals surface area contributed by atoms with E-state index in [1.165, 1.54) is 0 Å². The number of carbonyl (C=O) groups is 1. The molecule has 1 fully saturated rings. The Balaban J connectivity index is 0.00000148. The van der Waals surface area contributed by atoms with Crippen molar-refractivity contribution in [3.63, 3.8) is 0 Å². The Morgan fingerprint density at radius 3 is 2.53 bits per heavy atom. The number of nitrogens with zero attached hydrogens (tertiary/aromatic N) is 5. The third-order valence-electron chi connectivity index (χ3n) is 6.75. The number of nitrogens with one attached hydrogen (secondary N) is 1. The van der Waals surface area contributed by atoms with E-state index in [-0.39, 0.29) is 23.2 Å². The first-order valence-corrected chi connectivity index (χ1v) is 12.5. The minimum atomic E-state index is -2.58. The van der Waals surface area contributed by atoms with E-state index >= 15 is 0 Å². The third-order valence-corrected chi connectivity index (χ3v) is 6.75. The molecule has 1 saturated heterocycles. The number of alkyl halides is 2. The van der Waals surface area contributed by atoms with Gasteiger partial charge in [-0.3, -0.25) is 9.48 Å². The Hall–Kier alpha value is -3.27. The van der Waals surface area contributed by atoms with Crippen molar-refractivity contribution in [2.45, 2.75) is 46.1 Å². The van der Waals surface area contributed by atoms with Crippen LogP contribution in [0.4, 0.5) is 26.0 Å². The number of carbonyl (C=O) groups excluding carboxylic acids is 1. The van der Waals surface area contributed by atoms with Gasteiger partial charge in [0.25, 0.3) is 12.3 Å². The van der Waals surface area contributed by atoms with Crippen LogP contribution in [0.25, 0.3) is 11.0 Å². The van der Waals surface area contributed by atoms with Crippen LogP contribution >= 0.6 is 0 Å².